The summed E-state index contributed by atoms with van der Waals surface area (Å²) in [6, 6.07) is 1.52. The summed E-state index contributed by atoms with van der Waals surface area (Å²) in [5.74, 6) is 0.370. The SMILES string of the molecule is CCCCN(C)Cc1c(O)c(=O)cc(C)n1CC(C)C. The molecule has 1 heterocycles. The van der Waals surface area contributed by atoms with Gasteiger partial charge in [-0.05, 0) is 32.9 Å². The highest BCUT2D eigenvalue weighted by Crippen LogP contribution is 2.18. The summed E-state index contributed by atoms with van der Waals surface area (Å²) in [6.07, 6.45) is 2.26. The van der Waals surface area contributed by atoms with Crippen molar-refractivity contribution in [2.45, 2.75) is 53.6 Å². The Bertz CT molecular complexity index is 492. The molecular formula is C16H28N2O2. The van der Waals surface area contributed by atoms with Gasteiger partial charge in [0.05, 0.1) is 5.69 Å². The molecule has 0 bridgehead atoms. The van der Waals surface area contributed by atoms with E-state index >= 15 is 0 Å². The predicted octanol–water partition coefficient (Wildman–Crippen LogP) is 2.75. The standard InChI is InChI=1S/C16H28N2O2/c1-6-7-8-17(5)11-14-16(20)15(19)9-13(4)18(14)10-12(2)3/h9,12,20H,6-8,10-11H2,1-5H3. The Morgan fingerprint density at radius 2 is 2.05 bits per heavy atom. The molecule has 0 aliphatic heterocycles. The van der Waals surface area contributed by atoms with Crippen molar-refractivity contribution in [2.24, 2.45) is 5.92 Å². The van der Waals surface area contributed by atoms with E-state index in [1.54, 1.807) is 0 Å². The summed E-state index contributed by atoms with van der Waals surface area (Å²) < 4.78 is 2.07. The quantitative estimate of drug-likeness (QED) is 0.835. The fraction of sp³-hybridized carbons (Fsp3) is 0.688. The van der Waals surface area contributed by atoms with Crippen LogP contribution in [0.2, 0.25) is 0 Å². The molecular weight excluding hydrogens is 252 g/mol. The van der Waals surface area contributed by atoms with E-state index in [1.807, 2.05) is 14.0 Å². The molecule has 114 valence electrons. The molecule has 1 aromatic rings. The van der Waals surface area contributed by atoms with E-state index in [2.05, 4.69) is 30.2 Å². The van der Waals surface area contributed by atoms with E-state index in [0.29, 0.717) is 12.5 Å². The van der Waals surface area contributed by atoms with E-state index in [0.717, 1.165) is 37.3 Å². The summed E-state index contributed by atoms with van der Waals surface area (Å²) in [5.41, 5.74) is 1.38. The zero-order valence-electron chi connectivity index (χ0n) is 13.4. The van der Waals surface area contributed by atoms with E-state index in [4.69, 9.17) is 0 Å². The molecule has 0 aromatic carbocycles. The van der Waals surface area contributed by atoms with Crippen molar-refractivity contribution in [1.82, 2.24) is 9.47 Å². The highest BCUT2D eigenvalue weighted by molar-refractivity contribution is 5.29. The van der Waals surface area contributed by atoms with Gasteiger partial charge in [-0.2, -0.15) is 0 Å². The van der Waals surface area contributed by atoms with Gasteiger partial charge in [0.1, 0.15) is 0 Å². The van der Waals surface area contributed by atoms with Crippen molar-refractivity contribution in [3.63, 3.8) is 0 Å². The number of rotatable bonds is 7. The van der Waals surface area contributed by atoms with Crippen LogP contribution in [0.3, 0.4) is 0 Å². The number of pyridine rings is 1. The molecule has 4 nitrogen and oxygen atoms in total. The van der Waals surface area contributed by atoms with Gasteiger partial charge in [-0.3, -0.25) is 4.79 Å². The van der Waals surface area contributed by atoms with Crippen LogP contribution < -0.4 is 5.43 Å². The van der Waals surface area contributed by atoms with Crippen molar-refractivity contribution >= 4 is 0 Å². The van der Waals surface area contributed by atoms with Gasteiger partial charge in [-0.25, -0.2) is 0 Å². The number of hydrogen-bond acceptors (Lipinski definition) is 3. The van der Waals surface area contributed by atoms with Gasteiger partial charge < -0.3 is 14.6 Å². The fourth-order valence-corrected chi connectivity index (χ4v) is 2.36. The van der Waals surface area contributed by atoms with Gasteiger partial charge in [0.2, 0.25) is 5.43 Å². The average molecular weight is 280 g/mol. The second-order valence-electron chi connectivity index (χ2n) is 6.04. The van der Waals surface area contributed by atoms with Gasteiger partial charge >= 0.3 is 0 Å². The zero-order chi connectivity index (χ0) is 15.3. The Balaban J connectivity index is 3.10. The van der Waals surface area contributed by atoms with Crippen LogP contribution in [0.4, 0.5) is 0 Å². The molecule has 0 saturated heterocycles. The first kappa shape index (κ1) is 16.8. The van der Waals surface area contributed by atoms with Crippen LogP contribution in [0.15, 0.2) is 10.9 Å². The Labute approximate surface area is 122 Å². The molecule has 0 unspecified atom stereocenters. The molecule has 1 N–H and O–H groups in total. The minimum atomic E-state index is -0.276. The van der Waals surface area contributed by atoms with Gasteiger partial charge in [-0.1, -0.05) is 27.2 Å². The van der Waals surface area contributed by atoms with Crippen LogP contribution in [-0.4, -0.2) is 28.2 Å². The number of aryl methyl sites for hydroxylation is 1. The maximum absolute atomic E-state index is 11.8. The first-order valence-electron chi connectivity index (χ1n) is 7.47. The lowest BCUT2D eigenvalue weighted by Crippen LogP contribution is -2.26. The molecule has 0 atom stereocenters. The molecule has 0 fully saturated rings. The first-order valence-corrected chi connectivity index (χ1v) is 7.47. The average Bonchev–Trinajstić information content (AvgIpc) is 2.37. The largest absolute Gasteiger partial charge is 0.503 e. The maximum Gasteiger partial charge on any atom is 0.223 e. The van der Waals surface area contributed by atoms with Crippen LogP contribution in [-0.2, 0) is 13.1 Å². The topological polar surface area (TPSA) is 45.5 Å². The Kier molecular flexibility index (Phi) is 6.27. The minimum absolute atomic E-state index is 0.0976. The predicted molar refractivity (Wildman–Crippen MR) is 83.2 cm³/mol. The molecule has 1 rings (SSSR count). The van der Waals surface area contributed by atoms with E-state index in [9.17, 15) is 9.90 Å². The van der Waals surface area contributed by atoms with Crippen LogP contribution in [0, 0.1) is 12.8 Å². The monoisotopic (exact) mass is 280 g/mol. The van der Waals surface area contributed by atoms with Crippen molar-refractivity contribution in [3.05, 3.63) is 27.7 Å². The van der Waals surface area contributed by atoms with E-state index in [-0.39, 0.29) is 11.2 Å². The molecule has 0 amide bonds. The normalized spacial score (nSPS) is 11.6. The summed E-state index contributed by atoms with van der Waals surface area (Å²) in [4.78, 5) is 14.0. The van der Waals surface area contributed by atoms with Crippen LogP contribution >= 0.6 is 0 Å². The summed E-state index contributed by atoms with van der Waals surface area (Å²) in [5, 5.41) is 10.1. The first-order chi connectivity index (χ1) is 9.36. The lowest BCUT2D eigenvalue weighted by Gasteiger charge is -2.23. The molecule has 0 aliphatic carbocycles. The van der Waals surface area contributed by atoms with Gasteiger partial charge in [0.25, 0.3) is 0 Å². The molecule has 4 heteroatoms. The molecule has 0 spiro atoms. The second kappa shape index (κ2) is 7.48. The third-order valence-corrected chi connectivity index (χ3v) is 3.46. The van der Waals surface area contributed by atoms with Crippen molar-refractivity contribution in [1.29, 1.82) is 0 Å². The number of hydrogen-bond donors (Lipinski definition) is 1. The highest BCUT2D eigenvalue weighted by Gasteiger charge is 2.15. The van der Waals surface area contributed by atoms with Gasteiger partial charge in [0.15, 0.2) is 5.75 Å². The molecule has 0 aliphatic rings. The van der Waals surface area contributed by atoms with Gasteiger partial charge in [-0.15, -0.1) is 0 Å². The summed E-state index contributed by atoms with van der Waals surface area (Å²) in [7, 11) is 2.03. The van der Waals surface area contributed by atoms with Crippen LogP contribution in [0.5, 0.6) is 5.75 Å². The summed E-state index contributed by atoms with van der Waals surface area (Å²) in [6.45, 7) is 10.8. The smallest absolute Gasteiger partial charge is 0.223 e. The van der Waals surface area contributed by atoms with Crippen LogP contribution in [0.25, 0.3) is 0 Å². The Morgan fingerprint density at radius 1 is 1.40 bits per heavy atom. The summed E-state index contributed by atoms with van der Waals surface area (Å²) >= 11 is 0. The third kappa shape index (κ3) is 4.37. The van der Waals surface area contributed by atoms with Crippen LogP contribution in [0.1, 0.15) is 45.0 Å². The maximum atomic E-state index is 11.8. The minimum Gasteiger partial charge on any atom is -0.503 e. The van der Waals surface area contributed by atoms with E-state index < -0.39 is 0 Å². The Hall–Kier alpha value is -1.29. The fourth-order valence-electron chi connectivity index (χ4n) is 2.36. The number of unbranched alkanes of at least 4 members (excludes halogenated alkanes) is 1. The van der Waals surface area contributed by atoms with E-state index in [1.165, 1.54) is 6.07 Å². The number of aromatic nitrogens is 1. The lowest BCUT2D eigenvalue weighted by molar-refractivity contribution is 0.298. The molecule has 0 radical (unpaired) electrons. The number of nitrogens with zero attached hydrogens (tertiary/aromatic N) is 2. The van der Waals surface area contributed by atoms with Gasteiger partial charge in [0, 0.05) is 24.8 Å². The highest BCUT2D eigenvalue weighted by atomic mass is 16.3. The molecule has 1 aromatic heterocycles. The third-order valence-electron chi connectivity index (χ3n) is 3.46. The Morgan fingerprint density at radius 3 is 2.60 bits per heavy atom. The number of aromatic hydroxyl groups is 1. The van der Waals surface area contributed by atoms with Crippen molar-refractivity contribution in [3.8, 4) is 5.75 Å². The van der Waals surface area contributed by atoms with Crippen molar-refractivity contribution in [2.75, 3.05) is 13.6 Å². The second-order valence-corrected chi connectivity index (χ2v) is 6.04. The van der Waals surface area contributed by atoms with Crippen molar-refractivity contribution < 1.29 is 5.11 Å². The molecule has 20 heavy (non-hydrogen) atoms. The lowest BCUT2D eigenvalue weighted by atomic mass is 10.1. The molecule has 0 saturated carbocycles. The zero-order valence-corrected chi connectivity index (χ0v) is 13.4.